The molecule has 13 heteroatoms. The molecule has 0 aromatic heterocycles. The second-order valence-corrected chi connectivity index (χ2v) is 10.5. The first-order valence-corrected chi connectivity index (χ1v) is 12.3. The lowest BCUT2D eigenvalue weighted by atomic mass is 9.85. The van der Waals surface area contributed by atoms with Crippen LogP contribution in [-0.2, 0) is 26.2 Å². The summed E-state index contributed by atoms with van der Waals surface area (Å²) in [6, 6.07) is 5.09. The highest BCUT2D eigenvalue weighted by Crippen LogP contribution is 2.28. The molecule has 0 unspecified atom stereocenters. The number of carbonyl (C=O) groups is 2. The molecule has 1 saturated carbocycles. The Kier molecular flexibility index (Phi) is 8.54. The Balaban J connectivity index is 1.90. The zero-order valence-electron chi connectivity index (χ0n) is 19.0. The van der Waals surface area contributed by atoms with E-state index in [9.17, 15) is 31.2 Å². The van der Waals surface area contributed by atoms with Crippen molar-refractivity contribution in [3.63, 3.8) is 0 Å². The number of rotatable bonds is 8. The summed E-state index contributed by atoms with van der Waals surface area (Å²) in [5.41, 5.74) is -1.27. The predicted molar refractivity (Wildman–Crippen MR) is 116 cm³/mol. The van der Waals surface area contributed by atoms with E-state index in [0.29, 0.717) is 25.7 Å². The largest absolute Gasteiger partial charge is 0.573 e. The van der Waals surface area contributed by atoms with Gasteiger partial charge in [0.2, 0.25) is 21.8 Å². The van der Waals surface area contributed by atoms with Gasteiger partial charge in [-0.25, -0.2) is 13.1 Å². The number of amides is 2. The van der Waals surface area contributed by atoms with E-state index in [4.69, 9.17) is 5.26 Å². The molecule has 0 bridgehead atoms. The van der Waals surface area contributed by atoms with Crippen LogP contribution >= 0.6 is 0 Å². The number of ether oxygens (including phenoxy) is 1. The van der Waals surface area contributed by atoms with Crippen LogP contribution in [0.2, 0.25) is 0 Å². The molecule has 188 valence electrons. The third-order valence-corrected chi connectivity index (χ3v) is 6.20. The molecule has 1 aromatic carbocycles. The monoisotopic (exact) mass is 504 g/mol. The van der Waals surface area contributed by atoms with Gasteiger partial charge < -0.3 is 15.4 Å². The number of halogens is 3. The van der Waals surface area contributed by atoms with Gasteiger partial charge in [-0.1, -0.05) is 6.07 Å². The quantitative estimate of drug-likeness (QED) is 0.496. The molecule has 0 aliphatic heterocycles. The van der Waals surface area contributed by atoms with Gasteiger partial charge in [0.25, 0.3) is 0 Å². The first-order valence-electron chi connectivity index (χ1n) is 10.5. The fourth-order valence-electron chi connectivity index (χ4n) is 3.69. The standard InChI is InChI=1S/C21H27F3N4O5S/c1-20(2,28-34(3,31)32)19(30)27-16-8-6-14(7-9-16)18(29)26-12-15-5-4-13(11-25)10-17(15)33-21(22,23)24/h4-5,10,14,16,28H,6-9,12H2,1-3H3,(H,26,29)(H,27,30)/t14-,16+. The molecule has 0 saturated heterocycles. The van der Waals surface area contributed by atoms with Gasteiger partial charge in [-0.05, 0) is 51.7 Å². The molecular weight excluding hydrogens is 477 g/mol. The Labute approximate surface area is 196 Å². The highest BCUT2D eigenvalue weighted by atomic mass is 32.2. The van der Waals surface area contributed by atoms with Crippen molar-refractivity contribution in [3.05, 3.63) is 29.3 Å². The summed E-state index contributed by atoms with van der Waals surface area (Å²) in [5, 5.41) is 14.3. The fraction of sp³-hybridized carbons (Fsp3) is 0.571. The van der Waals surface area contributed by atoms with Gasteiger partial charge in [0.05, 0.1) is 17.9 Å². The van der Waals surface area contributed by atoms with E-state index in [1.54, 1.807) is 6.07 Å². The van der Waals surface area contributed by atoms with Crippen LogP contribution in [-0.4, -0.2) is 44.4 Å². The number of nitrogens with zero attached hydrogens (tertiary/aromatic N) is 1. The van der Waals surface area contributed by atoms with Gasteiger partial charge in [0.1, 0.15) is 11.3 Å². The van der Waals surface area contributed by atoms with E-state index in [1.165, 1.54) is 26.0 Å². The van der Waals surface area contributed by atoms with Crippen LogP contribution < -0.4 is 20.1 Å². The summed E-state index contributed by atoms with van der Waals surface area (Å²) < 4.78 is 67.1. The van der Waals surface area contributed by atoms with Crippen LogP contribution in [0.1, 0.15) is 50.7 Å². The van der Waals surface area contributed by atoms with Crippen LogP contribution in [0.25, 0.3) is 0 Å². The molecule has 2 amide bonds. The molecule has 1 aromatic rings. The van der Waals surface area contributed by atoms with Crippen molar-refractivity contribution in [1.82, 2.24) is 15.4 Å². The average molecular weight is 505 g/mol. The summed E-state index contributed by atoms with van der Waals surface area (Å²) in [4.78, 5) is 25.0. The van der Waals surface area contributed by atoms with Crippen molar-refractivity contribution in [3.8, 4) is 11.8 Å². The lowest BCUT2D eigenvalue weighted by Gasteiger charge is -2.31. The Morgan fingerprint density at radius 1 is 1.18 bits per heavy atom. The molecule has 2 rings (SSSR count). The zero-order valence-corrected chi connectivity index (χ0v) is 19.8. The fourth-order valence-corrected chi connectivity index (χ4v) is 4.71. The van der Waals surface area contributed by atoms with E-state index in [-0.39, 0.29) is 35.5 Å². The minimum absolute atomic E-state index is 0.00962. The molecule has 3 N–H and O–H groups in total. The normalized spacial score (nSPS) is 19.1. The molecule has 9 nitrogen and oxygen atoms in total. The number of benzene rings is 1. The molecule has 0 heterocycles. The maximum atomic E-state index is 12.7. The highest BCUT2D eigenvalue weighted by molar-refractivity contribution is 7.88. The van der Waals surface area contributed by atoms with Crippen LogP contribution in [0.15, 0.2) is 18.2 Å². The van der Waals surface area contributed by atoms with E-state index in [1.807, 2.05) is 0 Å². The molecule has 1 fully saturated rings. The smallest absolute Gasteiger partial charge is 0.405 e. The zero-order chi connectivity index (χ0) is 25.7. The number of nitrogens with one attached hydrogen (secondary N) is 3. The number of sulfonamides is 1. The van der Waals surface area contributed by atoms with E-state index in [0.717, 1.165) is 12.3 Å². The predicted octanol–water partition coefficient (Wildman–Crippen LogP) is 2.08. The molecule has 0 radical (unpaired) electrons. The van der Waals surface area contributed by atoms with Gasteiger partial charge in [0.15, 0.2) is 0 Å². The number of hydrogen-bond acceptors (Lipinski definition) is 6. The van der Waals surface area contributed by atoms with Crippen molar-refractivity contribution in [2.24, 2.45) is 5.92 Å². The van der Waals surface area contributed by atoms with Gasteiger partial charge >= 0.3 is 6.36 Å². The molecule has 0 spiro atoms. The van der Waals surface area contributed by atoms with Gasteiger partial charge in [-0.3, -0.25) is 9.59 Å². The van der Waals surface area contributed by atoms with Crippen molar-refractivity contribution in [1.29, 1.82) is 5.26 Å². The van der Waals surface area contributed by atoms with Crippen LogP contribution in [0, 0.1) is 17.2 Å². The van der Waals surface area contributed by atoms with Crippen molar-refractivity contribution in [2.45, 2.75) is 64.0 Å². The number of alkyl halides is 3. The molecule has 1 aliphatic carbocycles. The molecule has 34 heavy (non-hydrogen) atoms. The third-order valence-electron chi connectivity index (χ3n) is 5.32. The number of hydrogen-bond donors (Lipinski definition) is 3. The lowest BCUT2D eigenvalue weighted by molar-refractivity contribution is -0.274. The number of carbonyl (C=O) groups excluding carboxylic acids is 2. The topological polar surface area (TPSA) is 137 Å². The van der Waals surface area contributed by atoms with Crippen molar-refractivity contribution in [2.75, 3.05) is 6.26 Å². The second-order valence-electron chi connectivity index (χ2n) is 8.72. The van der Waals surface area contributed by atoms with Crippen LogP contribution in [0.5, 0.6) is 5.75 Å². The summed E-state index contributed by atoms with van der Waals surface area (Å²) in [5.74, 6) is -1.76. The summed E-state index contributed by atoms with van der Waals surface area (Å²) in [6.45, 7) is 2.68. The van der Waals surface area contributed by atoms with Crippen LogP contribution in [0.3, 0.4) is 0 Å². The Morgan fingerprint density at radius 3 is 2.32 bits per heavy atom. The average Bonchev–Trinajstić information content (AvgIpc) is 2.70. The lowest BCUT2D eigenvalue weighted by Crippen LogP contribution is -2.56. The van der Waals surface area contributed by atoms with Crippen molar-refractivity contribution < 1.29 is 35.9 Å². The van der Waals surface area contributed by atoms with E-state index < -0.39 is 33.6 Å². The Bertz CT molecular complexity index is 1060. The second kappa shape index (κ2) is 10.6. The molecule has 0 atom stereocenters. The summed E-state index contributed by atoms with van der Waals surface area (Å²) in [7, 11) is -3.59. The minimum Gasteiger partial charge on any atom is -0.405 e. The van der Waals surface area contributed by atoms with Gasteiger partial charge in [-0.2, -0.15) is 5.26 Å². The minimum atomic E-state index is -4.94. The summed E-state index contributed by atoms with van der Waals surface area (Å²) >= 11 is 0. The van der Waals surface area contributed by atoms with Crippen molar-refractivity contribution >= 4 is 21.8 Å². The SMILES string of the molecule is CC(C)(NS(C)(=O)=O)C(=O)N[C@H]1CC[C@@H](C(=O)NCc2ccc(C#N)cc2OC(F)(F)F)CC1. The molecule has 1 aliphatic rings. The Morgan fingerprint density at radius 2 is 1.79 bits per heavy atom. The van der Waals surface area contributed by atoms with Crippen LogP contribution in [0.4, 0.5) is 13.2 Å². The highest BCUT2D eigenvalue weighted by Gasteiger charge is 2.35. The van der Waals surface area contributed by atoms with E-state index >= 15 is 0 Å². The van der Waals surface area contributed by atoms with Gasteiger partial charge in [0, 0.05) is 24.1 Å². The number of nitriles is 1. The molecular formula is C21H27F3N4O5S. The summed E-state index contributed by atoms with van der Waals surface area (Å²) in [6.07, 6.45) is -2.13. The maximum Gasteiger partial charge on any atom is 0.573 e. The first kappa shape index (κ1) is 27.4. The third kappa shape index (κ3) is 8.49. The Hall–Kier alpha value is -2.85. The van der Waals surface area contributed by atoms with Gasteiger partial charge in [-0.15, -0.1) is 13.2 Å². The van der Waals surface area contributed by atoms with E-state index in [2.05, 4.69) is 20.1 Å². The maximum absolute atomic E-state index is 12.7. The first-order chi connectivity index (χ1) is 15.6.